The van der Waals surface area contributed by atoms with E-state index >= 15 is 0 Å². The summed E-state index contributed by atoms with van der Waals surface area (Å²) in [5, 5.41) is 13.0. The smallest absolute Gasteiger partial charge is 0.422 e. The van der Waals surface area contributed by atoms with Gasteiger partial charge in [-0.25, -0.2) is 15.2 Å². The van der Waals surface area contributed by atoms with Gasteiger partial charge in [-0.15, -0.1) is 0 Å². The average Bonchev–Trinajstić information content (AvgIpc) is 2.68. The van der Waals surface area contributed by atoms with Crippen LogP contribution in [0.3, 0.4) is 0 Å². The van der Waals surface area contributed by atoms with Gasteiger partial charge in [0.15, 0.2) is 0 Å². The molecule has 2 aromatic carbocycles. The number of hydrogen-bond acceptors (Lipinski definition) is 4. The molecule has 2 aromatic rings. The molecule has 0 aliphatic carbocycles. The summed E-state index contributed by atoms with van der Waals surface area (Å²) in [5.74, 6) is 0.187. The predicted molar refractivity (Wildman–Crippen MR) is 105 cm³/mol. The van der Waals surface area contributed by atoms with Crippen LogP contribution in [0.2, 0.25) is 0 Å². The van der Waals surface area contributed by atoms with Crippen LogP contribution in [0.5, 0.6) is 0 Å². The van der Waals surface area contributed by atoms with Gasteiger partial charge in [0.25, 0.3) is 0 Å². The van der Waals surface area contributed by atoms with E-state index in [1.54, 1.807) is 7.05 Å². The molecule has 0 bridgehead atoms. The molecule has 1 amide bonds. The van der Waals surface area contributed by atoms with Gasteiger partial charge in [-0.1, -0.05) is 36.4 Å². The third kappa shape index (κ3) is 4.64. The van der Waals surface area contributed by atoms with Crippen molar-refractivity contribution in [3.63, 3.8) is 0 Å². The highest BCUT2D eigenvalue weighted by molar-refractivity contribution is 5.82. The van der Waals surface area contributed by atoms with Crippen molar-refractivity contribution in [3.8, 4) is 0 Å². The summed E-state index contributed by atoms with van der Waals surface area (Å²) >= 11 is 0. The van der Waals surface area contributed by atoms with Gasteiger partial charge in [0.2, 0.25) is 0 Å². The molecule has 27 heavy (non-hydrogen) atoms. The second kappa shape index (κ2) is 8.97. The zero-order valence-electron chi connectivity index (χ0n) is 15.7. The van der Waals surface area contributed by atoms with Gasteiger partial charge in [0.1, 0.15) is 6.29 Å². The van der Waals surface area contributed by atoms with E-state index in [4.69, 9.17) is 0 Å². The lowest BCUT2D eigenvalue weighted by atomic mass is 9.87. The van der Waals surface area contributed by atoms with Crippen LogP contribution in [-0.2, 0) is 11.3 Å². The number of rotatable bonds is 7. The minimum absolute atomic E-state index is 0.187. The number of aldehydes is 1. The molecule has 6 nitrogen and oxygen atoms in total. The van der Waals surface area contributed by atoms with Crippen molar-refractivity contribution in [2.24, 2.45) is 5.92 Å². The first kappa shape index (κ1) is 19.3. The molecule has 0 saturated carbocycles. The Morgan fingerprint density at radius 2 is 1.96 bits per heavy atom. The lowest BCUT2D eigenvalue weighted by Gasteiger charge is -2.39. The Hall–Kier alpha value is -2.44. The van der Waals surface area contributed by atoms with Crippen molar-refractivity contribution in [1.29, 1.82) is 0 Å². The number of nitrogens with zero attached hydrogens (tertiary/aromatic N) is 2. The molecule has 0 radical (unpaired) electrons. The Balaban J connectivity index is 1.61. The quantitative estimate of drug-likeness (QED) is 0.579. The van der Waals surface area contributed by atoms with E-state index in [1.165, 1.54) is 21.3 Å². The summed E-state index contributed by atoms with van der Waals surface area (Å²) < 4.78 is 0. The van der Waals surface area contributed by atoms with Crippen LogP contribution in [-0.4, -0.2) is 53.6 Å². The maximum atomic E-state index is 11.4. The first-order valence-electron chi connectivity index (χ1n) is 9.45. The number of amides is 1. The number of hydrogen-bond donors (Lipinski definition) is 2. The molecule has 1 fully saturated rings. The van der Waals surface area contributed by atoms with Crippen molar-refractivity contribution in [3.05, 3.63) is 48.0 Å². The first-order chi connectivity index (χ1) is 13.1. The van der Waals surface area contributed by atoms with Crippen molar-refractivity contribution in [2.45, 2.75) is 31.8 Å². The van der Waals surface area contributed by atoms with E-state index in [1.807, 2.05) is 6.07 Å². The van der Waals surface area contributed by atoms with E-state index in [-0.39, 0.29) is 18.4 Å². The van der Waals surface area contributed by atoms with Crippen molar-refractivity contribution >= 4 is 23.2 Å². The third-order valence-corrected chi connectivity index (χ3v) is 5.51. The molecule has 0 aromatic heterocycles. The van der Waals surface area contributed by atoms with E-state index in [9.17, 15) is 14.7 Å². The zero-order chi connectivity index (χ0) is 19.2. The van der Waals surface area contributed by atoms with Crippen molar-refractivity contribution in [2.75, 3.05) is 20.1 Å². The number of carbonyl (C=O) groups excluding carboxylic acids is 1. The van der Waals surface area contributed by atoms with E-state index in [2.05, 4.69) is 46.7 Å². The van der Waals surface area contributed by atoms with Gasteiger partial charge in [0.05, 0.1) is 6.04 Å². The highest BCUT2D eigenvalue weighted by Gasteiger charge is 2.32. The summed E-state index contributed by atoms with van der Waals surface area (Å²) in [6, 6.07) is 14.6. The standard InChI is InChI=1S/C21H27N3O3/c1-22-24(21(26)27)20(10-13-25)18-8-11-23(12-9-18)15-16-6-7-17-4-2-3-5-19(17)14-16/h2-7,13-14,18,20,22H,8-12,15H2,1H3,(H,26,27). The Kier molecular flexibility index (Phi) is 6.42. The lowest BCUT2D eigenvalue weighted by Crippen LogP contribution is -2.52. The number of likely N-dealkylation sites (tertiary alicyclic amines) is 1. The van der Waals surface area contributed by atoms with Crippen LogP contribution in [0.25, 0.3) is 10.8 Å². The molecule has 2 N–H and O–H groups in total. The molecule has 1 aliphatic heterocycles. The van der Waals surface area contributed by atoms with Crippen molar-refractivity contribution < 1.29 is 14.7 Å². The fraction of sp³-hybridized carbons (Fsp3) is 0.429. The number of nitrogens with one attached hydrogen (secondary N) is 1. The van der Waals surface area contributed by atoms with Gasteiger partial charge < -0.3 is 9.90 Å². The van der Waals surface area contributed by atoms with Crippen LogP contribution in [0.4, 0.5) is 4.79 Å². The maximum absolute atomic E-state index is 11.4. The third-order valence-electron chi connectivity index (χ3n) is 5.51. The van der Waals surface area contributed by atoms with Crippen LogP contribution in [0.15, 0.2) is 42.5 Å². The topological polar surface area (TPSA) is 72.9 Å². The molecule has 1 aliphatic rings. The number of piperidine rings is 1. The van der Waals surface area contributed by atoms with E-state index in [0.29, 0.717) is 0 Å². The van der Waals surface area contributed by atoms with E-state index in [0.717, 1.165) is 38.8 Å². The molecule has 1 heterocycles. The molecule has 144 valence electrons. The fourth-order valence-electron chi connectivity index (χ4n) is 4.10. The highest BCUT2D eigenvalue weighted by atomic mass is 16.4. The van der Waals surface area contributed by atoms with Crippen molar-refractivity contribution in [1.82, 2.24) is 15.3 Å². The SMILES string of the molecule is CNN(C(=O)O)C(CC=O)C1CCN(Cc2ccc3ccccc3c2)CC1. The first-order valence-corrected chi connectivity index (χ1v) is 9.45. The second-order valence-corrected chi connectivity index (χ2v) is 7.14. The van der Waals surface area contributed by atoms with Crippen LogP contribution < -0.4 is 5.43 Å². The Morgan fingerprint density at radius 1 is 1.26 bits per heavy atom. The summed E-state index contributed by atoms with van der Waals surface area (Å²) in [5.41, 5.74) is 4.00. The predicted octanol–water partition coefficient (Wildman–Crippen LogP) is 3.12. The highest BCUT2D eigenvalue weighted by Crippen LogP contribution is 2.26. The number of carboxylic acid groups (broad SMARTS) is 1. The van der Waals surface area contributed by atoms with Gasteiger partial charge in [0, 0.05) is 20.0 Å². The van der Waals surface area contributed by atoms with Crippen LogP contribution in [0.1, 0.15) is 24.8 Å². The Labute approximate surface area is 159 Å². The number of benzene rings is 2. The Bertz CT molecular complexity index is 787. The summed E-state index contributed by atoms with van der Waals surface area (Å²) in [6.45, 7) is 2.71. The van der Waals surface area contributed by atoms with E-state index < -0.39 is 6.09 Å². The molecule has 1 unspecified atom stereocenters. The summed E-state index contributed by atoms with van der Waals surface area (Å²) in [4.78, 5) is 24.9. The second-order valence-electron chi connectivity index (χ2n) is 7.14. The molecule has 3 rings (SSSR count). The van der Waals surface area contributed by atoms with Gasteiger partial charge >= 0.3 is 6.09 Å². The minimum Gasteiger partial charge on any atom is -0.464 e. The molecular formula is C21H27N3O3. The summed E-state index contributed by atoms with van der Waals surface area (Å²) in [7, 11) is 1.58. The number of hydrazine groups is 1. The maximum Gasteiger partial charge on any atom is 0.422 e. The molecule has 1 saturated heterocycles. The molecule has 1 atom stereocenters. The van der Waals surface area contributed by atoms with Gasteiger partial charge in [-0.3, -0.25) is 4.90 Å². The minimum atomic E-state index is -1.04. The van der Waals surface area contributed by atoms with Crippen LogP contribution >= 0.6 is 0 Å². The normalized spacial score (nSPS) is 16.9. The fourth-order valence-corrected chi connectivity index (χ4v) is 4.10. The Morgan fingerprint density at radius 3 is 2.59 bits per heavy atom. The number of fused-ring (bicyclic) bond motifs is 1. The lowest BCUT2D eigenvalue weighted by molar-refractivity contribution is -0.109. The number of carbonyl (C=O) groups is 2. The zero-order valence-corrected chi connectivity index (χ0v) is 15.7. The van der Waals surface area contributed by atoms with Gasteiger partial charge in [-0.2, -0.15) is 0 Å². The molecule has 0 spiro atoms. The van der Waals surface area contributed by atoms with Gasteiger partial charge in [-0.05, 0) is 54.3 Å². The monoisotopic (exact) mass is 369 g/mol. The average molecular weight is 369 g/mol. The molecular weight excluding hydrogens is 342 g/mol. The molecule has 6 heteroatoms. The summed E-state index contributed by atoms with van der Waals surface area (Å²) in [6.07, 6.45) is 1.78. The largest absolute Gasteiger partial charge is 0.464 e. The van der Waals surface area contributed by atoms with Crippen LogP contribution in [0, 0.1) is 5.92 Å².